The molecule has 3 N–H and O–H groups in total. The number of guanidine groups is 1. The number of rotatable bonds is 5. The third-order valence-corrected chi connectivity index (χ3v) is 2.93. The molecule has 0 aliphatic carbocycles. The Labute approximate surface area is 140 Å². The number of anilines is 1. The molecule has 0 heterocycles. The van der Waals surface area contributed by atoms with Gasteiger partial charge in [0.15, 0.2) is 5.96 Å². The van der Waals surface area contributed by atoms with Gasteiger partial charge in [-0.15, -0.1) is 24.0 Å². The summed E-state index contributed by atoms with van der Waals surface area (Å²) in [5, 5.41) is 2.92. The summed E-state index contributed by atoms with van der Waals surface area (Å²) < 4.78 is 35.8. The average molecular weight is 415 g/mol. The molecule has 0 saturated heterocycles. The maximum absolute atomic E-state index is 11.9. The van der Waals surface area contributed by atoms with E-state index in [0.29, 0.717) is 13.0 Å². The third-order valence-electron chi connectivity index (χ3n) is 2.93. The van der Waals surface area contributed by atoms with E-state index < -0.39 is 12.6 Å². The lowest BCUT2D eigenvalue weighted by Gasteiger charge is -2.08. The van der Waals surface area contributed by atoms with Crippen LogP contribution in [-0.4, -0.2) is 18.7 Å². The molecule has 21 heavy (non-hydrogen) atoms. The molecule has 7 heteroatoms. The molecule has 0 atom stereocenters. The van der Waals surface area contributed by atoms with Crippen molar-refractivity contribution < 1.29 is 13.2 Å². The van der Waals surface area contributed by atoms with Crippen LogP contribution in [0.25, 0.3) is 0 Å². The molecule has 0 fully saturated rings. The fourth-order valence-electron chi connectivity index (χ4n) is 1.64. The monoisotopic (exact) mass is 415 g/mol. The summed E-state index contributed by atoms with van der Waals surface area (Å²) >= 11 is 0. The number of unbranched alkanes of at least 4 members (excludes halogenated alkanes) is 1. The zero-order chi connectivity index (χ0) is 15.2. The molecule has 1 rings (SSSR count). The van der Waals surface area contributed by atoms with Crippen molar-refractivity contribution in [2.24, 2.45) is 10.7 Å². The van der Waals surface area contributed by atoms with Crippen molar-refractivity contribution in [2.75, 3.05) is 11.9 Å². The fraction of sp³-hybridized carbons (Fsp3) is 0.500. The third kappa shape index (κ3) is 8.79. The summed E-state index contributed by atoms with van der Waals surface area (Å²) in [5.41, 5.74) is 8.81. The molecule has 0 aliphatic heterocycles. The minimum Gasteiger partial charge on any atom is -0.370 e. The smallest absolute Gasteiger partial charge is 0.370 e. The van der Waals surface area contributed by atoms with Crippen LogP contribution in [-0.2, 0) is 0 Å². The molecule has 1 aromatic rings. The van der Waals surface area contributed by atoms with Gasteiger partial charge in [0.2, 0.25) is 0 Å². The predicted molar refractivity (Wildman–Crippen MR) is 91.3 cm³/mol. The number of aryl methyl sites for hydroxylation is 2. The van der Waals surface area contributed by atoms with Crippen molar-refractivity contribution in [2.45, 2.75) is 39.3 Å². The quantitative estimate of drug-likeness (QED) is 0.325. The molecule has 0 bridgehead atoms. The molecule has 0 radical (unpaired) electrons. The highest BCUT2D eigenvalue weighted by molar-refractivity contribution is 14.0. The maximum atomic E-state index is 11.9. The van der Waals surface area contributed by atoms with Crippen LogP contribution >= 0.6 is 24.0 Å². The highest BCUT2D eigenvalue weighted by Gasteiger charge is 2.25. The summed E-state index contributed by atoms with van der Waals surface area (Å²) in [6.45, 7) is 4.29. The fourth-order valence-corrected chi connectivity index (χ4v) is 1.64. The van der Waals surface area contributed by atoms with E-state index in [0.717, 1.165) is 11.3 Å². The van der Waals surface area contributed by atoms with Crippen LogP contribution in [0.3, 0.4) is 0 Å². The Bertz CT molecular complexity index is 473. The number of aliphatic imine (C=N–C) groups is 1. The Morgan fingerprint density at radius 1 is 1.19 bits per heavy atom. The second-order valence-corrected chi connectivity index (χ2v) is 4.76. The van der Waals surface area contributed by atoms with Gasteiger partial charge in [0, 0.05) is 18.7 Å². The van der Waals surface area contributed by atoms with Crippen LogP contribution in [0.4, 0.5) is 18.9 Å². The first-order valence-electron chi connectivity index (χ1n) is 6.49. The molecule has 3 nitrogen and oxygen atoms in total. The van der Waals surface area contributed by atoms with Crippen molar-refractivity contribution >= 4 is 35.6 Å². The Morgan fingerprint density at radius 3 is 2.43 bits per heavy atom. The summed E-state index contributed by atoms with van der Waals surface area (Å²) in [4.78, 5) is 4.01. The summed E-state index contributed by atoms with van der Waals surface area (Å²) in [6.07, 6.45) is -4.42. The second kappa shape index (κ2) is 9.11. The predicted octanol–water partition coefficient (Wildman–Crippen LogP) is 4.38. The van der Waals surface area contributed by atoms with Crippen molar-refractivity contribution in [3.8, 4) is 0 Å². The van der Waals surface area contributed by atoms with Gasteiger partial charge in [-0.2, -0.15) is 13.2 Å². The lowest BCUT2D eigenvalue weighted by Crippen LogP contribution is -2.23. The van der Waals surface area contributed by atoms with Crippen molar-refractivity contribution in [3.05, 3.63) is 29.3 Å². The number of benzene rings is 1. The van der Waals surface area contributed by atoms with Gasteiger partial charge in [-0.25, -0.2) is 0 Å². The van der Waals surface area contributed by atoms with Crippen LogP contribution in [0.5, 0.6) is 0 Å². The van der Waals surface area contributed by atoms with Crippen LogP contribution in [0.1, 0.15) is 30.4 Å². The van der Waals surface area contributed by atoms with Crippen molar-refractivity contribution in [1.29, 1.82) is 0 Å². The summed E-state index contributed by atoms with van der Waals surface area (Å²) in [5.74, 6) is 0.222. The molecule has 0 unspecified atom stereocenters. The van der Waals surface area contributed by atoms with Crippen LogP contribution in [0.15, 0.2) is 23.2 Å². The zero-order valence-corrected chi connectivity index (χ0v) is 14.5. The normalized spacial score (nSPS) is 12.0. The number of nitrogens with two attached hydrogens (primary N) is 1. The first-order chi connectivity index (χ1) is 9.28. The molecule has 0 aromatic heterocycles. The van der Waals surface area contributed by atoms with E-state index in [-0.39, 0.29) is 36.4 Å². The largest absolute Gasteiger partial charge is 0.389 e. The molecular formula is C14H21F3IN3. The molecule has 0 amide bonds. The van der Waals surface area contributed by atoms with E-state index >= 15 is 0 Å². The minimum absolute atomic E-state index is 0. The Balaban J connectivity index is 0.00000400. The van der Waals surface area contributed by atoms with E-state index in [1.165, 1.54) is 5.56 Å². The number of nitrogens with one attached hydrogen (secondary N) is 1. The second-order valence-electron chi connectivity index (χ2n) is 4.76. The van der Waals surface area contributed by atoms with Gasteiger partial charge in [0.1, 0.15) is 0 Å². The number of nitrogens with zero attached hydrogens (tertiary/aromatic N) is 1. The molecule has 120 valence electrons. The number of halogens is 4. The summed E-state index contributed by atoms with van der Waals surface area (Å²) in [6, 6.07) is 5.80. The van der Waals surface area contributed by atoms with E-state index in [2.05, 4.69) is 10.3 Å². The molecular weight excluding hydrogens is 394 g/mol. The molecule has 0 spiro atoms. The van der Waals surface area contributed by atoms with Crippen LogP contribution in [0, 0.1) is 13.8 Å². The maximum Gasteiger partial charge on any atom is 0.389 e. The standard InChI is InChI=1S/C14H20F3N3.HI/c1-10-5-6-12(9-11(10)2)20-13(18)19-8-4-3-7-14(15,16)17;/h5-6,9H,3-4,7-8H2,1-2H3,(H3,18,19,20);1H. The molecule has 1 aromatic carbocycles. The lowest BCUT2D eigenvalue weighted by molar-refractivity contribution is -0.135. The highest BCUT2D eigenvalue weighted by Crippen LogP contribution is 2.22. The van der Waals surface area contributed by atoms with E-state index in [4.69, 9.17) is 5.73 Å². The van der Waals surface area contributed by atoms with Crippen molar-refractivity contribution in [1.82, 2.24) is 0 Å². The van der Waals surface area contributed by atoms with Gasteiger partial charge in [-0.3, -0.25) is 4.99 Å². The average Bonchev–Trinajstić information content (AvgIpc) is 2.32. The number of alkyl halides is 3. The minimum atomic E-state index is -4.09. The number of hydrogen-bond acceptors (Lipinski definition) is 1. The van der Waals surface area contributed by atoms with Gasteiger partial charge in [-0.1, -0.05) is 6.07 Å². The van der Waals surface area contributed by atoms with Gasteiger partial charge in [-0.05, 0) is 49.9 Å². The Hall–Kier alpha value is -0.990. The van der Waals surface area contributed by atoms with Crippen LogP contribution in [0.2, 0.25) is 0 Å². The first-order valence-corrected chi connectivity index (χ1v) is 6.49. The first kappa shape index (κ1) is 20.0. The van der Waals surface area contributed by atoms with Crippen LogP contribution < -0.4 is 11.1 Å². The van der Waals surface area contributed by atoms with Gasteiger partial charge in [0.25, 0.3) is 0 Å². The Morgan fingerprint density at radius 2 is 1.86 bits per heavy atom. The van der Waals surface area contributed by atoms with Gasteiger partial charge < -0.3 is 11.1 Å². The number of hydrogen-bond donors (Lipinski definition) is 2. The SMILES string of the molecule is Cc1ccc(NC(N)=NCCCCC(F)(F)F)cc1C.I. The van der Waals surface area contributed by atoms with E-state index in [1.807, 2.05) is 32.0 Å². The highest BCUT2D eigenvalue weighted by atomic mass is 127. The zero-order valence-electron chi connectivity index (χ0n) is 12.1. The van der Waals surface area contributed by atoms with Crippen molar-refractivity contribution in [3.63, 3.8) is 0 Å². The van der Waals surface area contributed by atoms with Gasteiger partial charge in [0.05, 0.1) is 0 Å². The molecule has 0 aliphatic rings. The topological polar surface area (TPSA) is 50.4 Å². The van der Waals surface area contributed by atoms with E-state index in [1.54, 1.807) is 0 Å². The Kier molecular flexibility index (Phi) is 8.68. The van der Waals surface area contributed by atoms with Gasteiger partial charge >= 0.3 is 6.18 Å². The lowest BCUT2D eigenvalue weighted by atomic mass is 10.1. The van der Waals surface area contributed by atoms with E-state index in [9.17, 15) is 13.2 Å². The summed E-state index contributed by atoms with van der Waals surface area (Å²) in [7, 11) is 0. The molecule has 0 saturated carbocycles.